The molecule has 0 saturated heterocycles. The van der Waals surface area contributed by atoms with E-state index in [-0.39, 0.29) is 5.16 Å². The minimum absolute atomic E-state index is 0.0972. The Morgan fingerprint density at radius 1 is 1.31 bits per heavy atom. The van der Waals surface area contributed by atoms with Crippen molar-refractivity contribution in [2.45, 2.75) is 31.5 Å². The Labute approximate surface area is 76.9 Å². The molecule has 0 aliphatic rings. The van der Waals surface area contributed by atoms with E-state index in [1.165, 1.54) is 4.68 Å². The molecule has 13 heavy (non-hydrogen) atoms. The number of rotatable bonds is 1. The second-order valence-corrected chi connectivity index (χ2v) is 5.73. The third-order valence-corrected chi connectivity index (χ3v) is 2.33. The van der Waals surface area contributed by atoms with E-state index in [1.54, 1.807) is 0 Å². The first-order chi connectivity index (χ1) is 5.73. The molecule has 1 aromatic rings. The van der Waals surface area contributed by atoms with Crippen LogP contribution in [0.5, 0.6) is 0 Å². The van der Waals surface area contributed by atoms with Crippen LogP contribution in [0, 0.1) is 0 Å². The van der Waals surface area contributed by atoms with E-state index in [9.17, 15) is 8.42 Å². The maximum Gasteiger partial charge on any atom is 0.267 e. The van der Waals surface area contributed by atoms with Crippen LogP contribution in [0.2, 0.25) is 0 Å². The highest BCUT2D eigenvalue weighted by Crippen LogP contribution is 2.15. The zero-order valence-electron chi connectivity index (χ0n) is 8.01. The van der Waals surface area contributed by atoms with E-state index in [4.69, 9.17) is 0 Å². The molecule has 0 aliphatic carbocycles. The van der Waals surface area contributed by atoms with E-state index in [2.05, 4.69) is 15.5 Å². The molecule has 0 bridgehead atoms. The lowest BCUT2D eigenvalue weighted by Crippen LogP contribution is -2.27. The first-order valence-corrected chi connectivity index (χ1v) is 5.61. The third-order valence-electron chi connectivity index (χ3n) is 1.41. The maximum atomic E-state index is 11.2. The molecule has 1 heterocycles. The second kappa shape index (κ2) is 2.76. The SMILES string of the molecule is CC(C)(C)n1nnnc1S(C)(=O)=O. The van der Waals surface area contributed by atoms with E-state index in [1.807, 2.05) is 20.8 Å². The van der Waals surface area contributed by atoms with Crippen LogP contribution in [0.15, 0.2) is 5.16 Å². The predicted octanol–water partition coefficient (Wildman–Crippen LogP) is -0.168. The number of nitrogens with zero attached hydrogens (tertiary/aromatic N) is 4. The molecule has 1 rings (SSSR count). The summed E-state index contributed by atoms with van der Waals surface area (Å²) in [6, 6.07) is 0. The van der Waals surface area contributed by atoms with Crippen molar-refractivity contribution in [1.29, 1.82) is 0 Å². The van der Waals surface area contributed by atoms with E-state index < -0.39 is 15.4 Å². The average molecular weight is 204 g/mol. The highest BCUT2D eigenvalue weighted by atomic mass is 32.2. The Morgan fingerprint density at radius 2 is 1.85 bits per heavy atom. The van der Waals surface area contributed by atoms with Crippen molar-refractivity contribution in [3.05, 3.63) is 0 Å². The fourth-order valence-corrected chi connectivity index (χ4v) is 1.64. The Bertz CT molecular complexity index is 401. The summed E-state index contributed by atoms with van der Waals surface area (Å²) in [5, 5.41) is 10.3. The third kappa shape index (κ3) is 2.03. The molecule has 1 aromatic heterocycles. The number of aromatic nitrogens is 4. The smallest absolute Gasteiger partial charge is 0.221 e. The summed E-state index contributed by atoms with van der Waals surface area (Å²) in [7, 11) is -3.35. The fraction of sp³-hybridized carbons (Fsp3) is 0.833. The lowest BCUT2D eigenvalue weighted by molar-refractivity contribution is 0.317. The normalized spacial score (nSPS) is 13.2. The van der Waals surface area contributed by atoms with E-state index >= 15 is 0 Å². The Hall–Kier alpha value is -0.980. The first-order valence-electron chi connectivity index (χ1n) is 3.72. The van der Waals surface area contributed by atoms with E-state index in [0.29, 0.717) is 0 Å². The largest absolute Gasteiger partial charge is 0.267 e. The highest BCUT2D eigenvalue weighted by Gasteiger charge is 2.25. The second-order valence-electron chi connectivity index (χ2n) is 3.82. The molecule has 0 saturated carbocycles. The van der Waals surface area contributed by atoms with Crippen LogP contribution < -0.4 is 0 Å². The Balaban J connectivity index is 3.35. The number of sulfone groups is 1. The van der Waals surface area contributed by atoms with Crippen molar-refractivity contribution in [2.24, 2.45) is 0 Å². The quantitative estimate of drug-likeness (QED) is 0.634. The molecule has 0 N–H and O–H groups in total. The van der Waals surface area contributed by atoms with Gasteiger partial charge in [0.1, 0.15) is 0 Å². The van der Waals surface area contributed by atoms with Crippen LogP contribution in [-0.2, 0) is 15.4 Å². The lowest BCUT2D eigenvalue weighted by Gasteiger charge is -2.18. The van der Waals surface area contributed by atoms with Gasteiger partial charge in [-0.3, -0.25) is 0 Å². The van der Waals surface area contributed by atoms with Gasteiger partial charge in [-0.05, 0) is 31.2 Å². The van der Waals surface area contributed by atoms with Crippen molar-refractivity contribution in [3.8, 4) is 0 Å². The van der Waals surface area contributed by atoms with Gasteiger partial charge in [0.05, 0.1) is 5.54 Å². The molecule has 0 aliphatic heterocycles. The maximum absolute atomic E-state index is 11.2. The van der Waals surface area contributed by atoms with Crippen LogP contribution in [-0.4, -0.2) is 34.9 Å². The summed E-state index contributed by atoms with van der Waals surface area (Å²) < 4.78 is 23.7. The van der Waals surface area contributed by atoms with Crippen molar-refractivity contribution in [2.75, 3.05) is 6.26 Å². The molecule has 0 radical (unpaired) electrons. The van der Waals surface area contributed by atoms with Crippen LogP contribution in [0.1, 0.15) is 20.8 Å². The lowest BCUT2D eigenvalue weighted by atomic mass is 10.1. The van der Waals surface area contributed by atoms with Gasteiger partial charge in [0.15, 0.2) is 0 Å². The standard InChI is InChI=1S/C6H12N4O2S/c1-6(2,3)10-5(7-8-9-10)13(4,11)12/h1-4H3. The van der Waals surface area contributed by atoms with Crippen molar-refractivity contribution in [3.63, 3.8) is 0 Å². The van der Waals surface area contributed by atoms with Crippen LogP contribution in [0.4, 0.5) is 0 Å². The summed E-state index contributed by atoms with van der Waals surface area (Å²) >= 11 is 0. The first kappa shape index (κ1) is 10.1. The van der Waals surface area contributed by atoms with Crippen LogP contribution in [0.3, 0.4) is 0 Å². The van der Waals surface area contributed by atoms with Gasteiger partial charge < -0.3 is 0 Å². The summed E-state index contributed by atoms with van der Waals surface area (Å²) in [5.74, 6) is 0. The molecular formula is C6H12N4O2S. The van der Waals surface area contributed by atoms with Crippen LogP contribution >= 0.6 is 0 Å². The zero-order valence-corrected chi connectivity index (χ0v) is 8.83. The molecule has 0 unspecified atom stereocenters. The molecule has 0 atom stereocenters. The molecule has 0 fully saturated rings. The van der Waals surface area contributed by atoms with Gasteiger partial charge >= 0.3 is 0 Å². The monoisotopic (exact) mass is 204 g/mol. The van der Waals surface area contributed by atoms with Crippen molar-refractivity contribution < 1.29 is 8.42 Å². The zero-order chi connectivity index (χ0) is 10.3. The summed E-state index contributed by atoms with van der Waals surface area (Å²) in [4.78, 5) is 0. The predicted molar refractivity (Wildman–Crippen MR) is 45.9 cm³/mol. The van der Waals surface area contributed by atoms with Gasteiger partial charge in [-0.1, -0.05) is 5.10 Å². The Morgan fingerprint density at radius 3 is 2.15 bits per heavy atom. The fourth-order valence-electron chi connectivity index (χ4n) is 0.831. The molecular weight excluding hydrogens is 192 g/mol. The molecule has 0 amide bonds. The minimum atomic E-state index is -3.35. The molecule has 0 spiro atoms. The van der Waals surface area contributed by atoms with Gasteiger partial charge in [-0.25, -0.2) is 13.1 Å². The average Bonchev–Trinajstić information content (AvgIpc) is 2.27. The van der Waals surface area contributed by atoms with Gasteiger partial charge in [-0.2, -0.15) is 0 Å². The van der Waals surface area contributed by atoms with E-state index in [0.717, 1.165) is 6.26 Å². The van der Waals surface area contributed by atoms with Crippen LogP contribution in [0.25, 0.3) is 0 Å². The van der Waals surface area contributed by atoms with Gasteiger partial charge in [0.25, 0.3) is 5.16 Å². The number of tetrazole rings is 1. The summed E-state index contributed by atoms with van der Waals surface area (Å²) in [5.41, 5.74) is -0.429. The molecule has 0 aromatic carbocycles. The van der Waals surface area contributed by atoms with Gasteiger partial charge in [0, 0.05) is 6.26 Å². The molecule has 7 heteroatoms. The minimum Gasteiger partial charge on any atom is -0.221 e. The number of hydrogen-bond acceptors (Lipinski definition) is 5. The highest BCUT2D eigenvalue weighted by molar-refractivity contribution is 7.90. The summed E-state index contributed by atoms with van der Waals surface area (Å²) in [6.45, 7) is 5.49. The van der Waals surface area contributed by atoms with Gasteiger partial charge in [-0.15, -0.1) is 0 Å². The number of hydrogen-bond donors (Lipinski definition) is 0. The van der Waals surface area contributed by atoms with Gasteiger partial charge in [0.2, 0.25) is 9.84 Å². The molecule has 74 valence electrons. The Kier molecular flexibility index (Phi) is 2.15. The summed E-state index contributed by atoms with van der Waals surface area (Å²) in [6.07, 6.45) is 1.08. The van der Waals surface area contributed by atoms with Crippen molar-refractivity contribution >= 4 is 9.84 Å². The topological polar surface area (TPSA) is 77.7 Å². The van der Waals surface area contributed by atoms with Crippen molar-refractivity contribution in [1.82, 2.24) is 20.2 Å². The molecule has 6 nitrogen and oxygen atoms in total.